The summed E-state index contributed by atoms with van der Waals surface area (Å²) in [5.41, 5.74) is 2.57. The number of likely N-dealkylation sites (tertiary alicyclic amines) is 1. The van der Waals surface area contributed by atoms with Crippen molar-refractivity contribution in [2.45, 2.75) is 24.8 Å². The van der Waals surface area contributed by atoms with Crippen molar-refractivity contribution in [3.05, 3.63) is 108 Å². The number of halogens is 1. The minimum Gasteiger partial charge on any atom is -0.337 e. The molecule has 1 amide bonds. The summed E-state index contributed by atoms with van der Waals surface area (Å²) in [7, 11) is 0. The van der Waals surface area contributed by atoms with Crippen molar-refractivity contribution < 1.29 is 13.7 Å². The van der Waals surface area contributed by atoms with Crippen LogP contribution in [0.2, 0.25) is 0 Å². The van der Waals surface area contributed by atoms with E-state index in [1.165, 1.54) is 12.1 Å². The number of benzene rings is 3. The lowest BCUT2D eigenvalue weighted by atomic mass is 9.90. The third-order valence-corrected chi connectivity index (χ3v) is 5.88. The molecule has 32 heavy (non-hydrogen) atoms. The second-order valence-corrected chi connectivity index (χ2v) is 7.91. The molecule has 4 aromatic rings. The molecule has 0 radical (unpaired) electrons. The molecule has 5 rings (SSSR count). The van der Waals surface area contributed by atoms with Gasteiger partial charge in [0.25, 0.3) is 0 Å². The van der Waals surface area contributed by atoms with Gasteiger partial charge in [0.05, 0.1) is 5.92 Å². The van der Waals surface area contributed by atoms with Crippen molar-refractivity contribution in [1.29, 1.82) is 0 Å². The van der Waals surface area contributed by atoms with E-state index in [-0.39, 0.29) is 17.8 Å². The van der Waals surface area contributed by atoms with Crippen LogP contribution >= 0.6 is 0 Å². The second-order valence-electron chi connectivity index (χ2n) is 7.91. The van der Waals surface area contributed by atoms with Crippen molar-refractivity contribution in [2.24, 2.45) is 0 Å². The highest BCUT2D eigenvalue weighted by Gasteiger charge is 2.38. The lowest BCUT2D eigenvalue weighted by molar-refractivity contribution is -0.133. The third-order valence-electron chi connectivity index (χ3n) is 5.88. The third kappa shape index (κ3) is 3.91. The molecule has 1 atom stereocenters. The summed E-state index contributed by atoms with van der Waals surface area (Å²) in [6.07, 6.45) is 1.62. The van der Waals surface area contributed by atoms with Gasteiger partial charge in [-0.3, -0.25) is 4.79 Å². The number of nitrogens with zero attached hydrogens (tertiary/aromatic N) is 3. The Morgan fingerprint density at radius 1 is 0.938 bits per heavy atom. The normalized spacial score (nSPS) is 15.9. The van der Waals surface area contributed by atoms with E-state index in [2.05, 4.69) is 10.1 Å². The molecule has 0 bridgehead atoms. The molecule has 6 heteroatoms. The summed E-state index contributed by atoms with van der Waals surface area (Å²) >= 11 is 0. The Balaban J connectivity index is 1.45. The molecule has 1 fully saturated rings. The molecule has 5 nitrogen and oxygen atoms in total. The van der Waals surface area contributed by atoms with Crippen LogP contribution in [0.25, 0.3) is 11.4 Å². The van der Waals surface area contributed by atoms with E-state index >= 15 is 0 Å². The van der Waals surface area contributed by atoms with Gasteiger partial charge in [-0.25, -0.2) is 4.39 Å². The number of hydrogen-bond acceptors (Lipinski definition) is 4. The van der Waals surface area contributed by atoms with Gasteiger partial charge < -0.3 is 9.42 Å². The van der Waals surface area contributed by atoms with Crippen LogP contribution in [0, 0.1) is 5.82 Å². The first kappa shape index (κ1) is 20.1. The first-order valence-corrected chi connectivity index (χ1v) is 10.7. The van der Waals surface area contributed by atoms with Gasteiger partial charge in [0.2, 0.25) is 17.6 Å². The van der Waals surface area contributed by atoms with E-state index in [1.807, 2.05) is 65.6 Å². The number of carbonyl (C=O) groups excluding carboxylic acids is 1. The van der Waals surface area contributed by atoms with Gasteiger partial charge in [0.15, 0.2) is 0 Å². The fourth-order valence-electron chi connectivity index (χ4n) is 4.31. The van der Waals surface area contributed by atoms with Crippen LogP contribution in [-0.4, -0.2) is 27.5 Å². The molecule has 1 aliphatic rings. The Hall–Kier alpha value is -3.80. The molecule has 0 N–H and O–H groups in total. The van der Waals surface area contributed by atoms with Gasteiger partial charge in [-0.15, -0.1) is 0 Å². The Labute approximate surface area is 185 Å². The Kier molecular flexibility index (Phi) is 5.50. The van der Waals surface area contributed by atoms with Gasteiger partial charge in [-0.05, 0) is 48.2 Å². The fourth-order valence-corrected chi connectivity index (χ4v) is 4.31. The monoisotopic (exact) mass is 427 g/mol. The van der Waals surface area contributed by atoms with Gasteiger partial charge in [-0.1, -0.05) is 65.8 Å². The van der Waals surface area contributed by atoms with E-state index in [1.54, 1.807) is 12.1 Å². The average molecular weight is 427 g/mol. The van der Waals surface area contributed by atoms with E-state index in [0.29, 0.717) is 23.8 Å². The molecule has 160 valence electrons. The quantitative estimate of drug-likeness (QED) is 0.430. The average Bonchev–Trinajstić information content (AvgIpc) is 3.51. The molecule has 0 saturated carbocycles. The van der Waals surface area contributed by atoms with Crippen LogP contribution in [0.1, 0.15) is 41.8 Å². The largest absolute Gasteiger partial charge is 0.337 e. The zero-order valence-electron chi connectivity index (χ0n) is 17.4. The smallest absolute Gasteiger partial charge is 0.249 e. The van der Waals surface area contributed by atoms with E-state index < -0.39 is 5.92 Å². The maximum atomic E-state index is 13.8. The zero-order valence-corrected chi connectivity index (χ0v) is 17.4. The minimum atomic E-state index is -0.405. The maximum Gasteiger partial charge on any atom is 0.249 e. The summed E-state index contributed by atoms with van der Waals surface area (Å²) in [6, 6.07) is 25.3. The van der Waals surface area contributed by atoms with Gasteiger partial charge in [-0.2, -0.15) is 4.98 Å². The molecule has 2 heterocycles. The molecular formula is C26H22FN3O2. The van der Waals surface area contributed by atoms with Gasteiger partial charge in [0, 0.05) is 12.1 Å². The highest BCUT2D eigenvalue weighted by Crippen LogP contribution is 2.36. The van der Waals surface area contributed by atoms with Crippen LogP contribution in [0.5, 0.6) is 0 Å². The summed E-state index contributed by atoms with van der Waals surface area (Å²) in [5, 5.41) is 4.07. The van der Waals surface area contributed by atoms with Crippen molar-refractivity contribution in [3.8, 4) is 11.4 Å². The van der Waals surface area contributed by atoms with E-state index in [4.69, 9.17) is 4.52 Å². The van der Waals surface area contributed by atoms with Crippen LogP contribution < -0.4 is 0 Å². The van der Waals surface area contributed by atoms with Crippen LogP contribution in [0.15, 0.2) is 89.5 Å². The molecule has 1 unspecified atom stereocenters. The summed E-state index contributed by atoms with van der Waals surface area (Å²) < 4.78 is 18.8. The molecule has 0 spiro atoms. The molecule has 0 aliphatic carbocycles. The van der Waals surface area contributed by atoms with Gasteiger partial charge >= 0.3 is 0 Å². The maximum absolute atomic E-state index is 13.8. The molecule has 1 saturated heterocycles. The predicted octanol–water partition coefficient (Wildman–Crippen LogP) is 5.37. The highest BCUT2D eigenvalue weighted by molar-refractivity contribution is 5.87. The number of carbonyl (C=O) groups is 1. The Morgan fingerprint density at radius 3 is 2.19 bits per heavy atom. The Bertz CT molecular complexity index is 1150. The first-order valence-electron chi connectivity index (χ1n) is 10.7. The van der Waals surface area contributed by atoms with Crippen molar-refractivity contribution in [3.63, 3.8) is 0 Å². The lowest BCUT2D eigenvalue weighted by Crippen LogP contribution is -2.35. The lowest BCUT2D eigenvalue weighted by Gasteiger charge is -2.27. The van der Waals surface area contributed by atoms with Crippen molar-refractivity contribution in [2.75, 3.05) is 6.54 Å². The number of amides is 1. The number of aromatic nitrogens is 2. The fraction of sp³-hybridized carbons (Fsp3) is 0.192. The van der Waals surface area contributed by atoms with Crippen molar-refractivity contribution >= 4 is 5.91 Å². The first-order chi connectivity index (χ1) is 15.7. The van der Waals surface area contributed by atoms with Crippen LogP contribution in [-0.2, 0) is 4.79 Å². The summed E-state index contributed by atoms with van der Waals surface area (Å²) in [4.78, 5) is 20.2. The summed E-state index contributed by atoms with van der Waals surface area (Å²) in [5.74, 6) is 0.0961. The molecular weight excluding hydrogens is 405 g/mol. The predicted molar refractivity (Wildman–Crippen MR) is 118 cm³/mol. The van der Waals surface area contributed by atoms with Gasteiger partial charge in [0.1, 0.15) is 11.9 Å². The van der Waals surface area contributed by atoms with E-state index in [9.17, 15) is 9.18 Å². The standard InChI is InChI=1S/C26H22FN3O2/c27-21-15-13-20(14-16-21)24-28-25(32-29-24)22-12-7-17-30(22)26(31)23(18-8-3-1-4-9-18)19-10-5-2-6-11-19/h1-6,8-11,13-16,22-23H,7,12,17H2. The minimum absolute atomic E-state index is 0.0198. The summed E-state index contributed by atoms with van der Waals surface area (Å²) in [6.45, 7) is 0.633. The molecule has 3 aromatic carbocycles. The van der Waals surface area contributed by atoms with Crippen LogP contribution in [0.4, 0.5) is 4.39 Å². The Morgan fingerprint density at radius 2 is 1.56 bits per heavy atom. The SMILES string of the molecule is O=C(C(c1ccccc1)c1ccccc1)N1CCCC1c1nc(-c2ccc(F)cc2)no1. The topological polar surface area (TPSA) is 59.2 Å². The van der Waals surface area contributed by atoms with Crippen molar-refractivity contribution in [1.82, 2.24) is 15.0 Å². The highest BCUT2D eigenvalue weighted by atomic mass is 19.1. The number of hydrogen-bond donors (Lipinski definition) is 0. The molecule has 1 aliphatic heterocycles. The zero-order chi connectivity index (χ0) is 21.9. The second kappa shape index (κ2) is 8.75. The molecule has 1 aromatic heterocycles. The van der Waals surface area contributed by atoms with E-state index in [0.717, 1.165) is 24.0 Å². The number of rotatable bonds is 5. The van der Waals surface area contributed by atoms with Crippen LogP contribution in [0.3, 0.4) is 0 Å².